The van der Waals surface area contributed by atoms with Crippen molar-refractivity contribution in [3.63, 3.8) is 0 Å². The van der Waals surface area contributed by atoms with E-state index < -0.39 is 23.5 Å². The molecule has 15 heavy (non-hydrogen) atoms. The summed E-state index contributed by atoms with van der Waals surface area (Å²) in [5.74, 6) is -0.924. The fraction of sp³-hybridized carbons (Fsp3) is 0.333. The van der Waals surface area contributed by atoms with Gasteiger partial charge in [0.2, 0.25) is 0 Å². The molecule has 0 saturated carbocycles. The number of hydrogen-bond donors (Lipinski definition) is 0. The Balaban J connectivity index is 3.02. The molecule has 1 aromatic rings. The third-order valence-electron chi connectivity index (χ3n) is 1.66. The number of nitro benzene ring substituents is 1. The van der Waals surface area contributed by atoms with E-state index in [1.165, 1.54) is 6.92 Å². The Morgan fingerprint density at radius 2 is 2.27 bits per heavy atom. The van der Waals surface area contributed by atoms with Crippen LogP contribution in [0.25, 0.3) is 0 Å². The zero-order valence-electron chi connectivity index (χ0n) is 7.94. The van der Waals surface area contributed by atoms with Crippen LogP contribution in [0.5, 0.6) is 5.75 Å². The monoisotopic (exact) mass is 217 g/mol. The minimum absolute atomic E-state index is 0.259. The van der Waals surface area contributed by atoms with Gasteiger partial charge in [-0.3, -0.25) is 10.1 Å². The van der Waals surface area contributed by atoms with Crippen LogP contribution in [0.3, 0.4) is 0 Å². The average molecular weight is 217 g/mol. The summed E-state index contributed by atoms with van der Waals surface area (Å²) in [6, 6.07) is 2.80. The van der Waals surface area contributed by atoms with Gasteiger partial charge in [-0.1, -0.05) is 0 Å². The van der Waals surface area contributed by atoms with E-state index in [0.29, 0.717) is 0 Å². The maximum Gasteiger partial charge on any atom is 0.311 e. The molecule has 6 heteroatoms. The predicted octanol–water partition coefficient (Wildman–Crippen LogP) is 2.47. The Bertz CT molecular complexity index is 370. The smallest absolute Gasteiger partial charge is 0.311 e. The van der Waals surface area contributed by atoms with Crippen molar-refractivity contribution in [3.8, 4) is 5.75 Å². The summed E-state index contributed by atoms with van der Waals surface area (Å²) in [5.41, 5.74) is -0.378. The Morgan fingerprint density at radius 3 is 2.80 bits per heavy atom. The normalized spacial score (nSPS) is 12.2. The SMILES string of the molecule is C[C@H](CF)Oc1cc(F)ccc1[N+](=O)[O-]. The highest BCUT2D eigenvalue weighted by atomic mass is 19.1. The van der Waals surface area contributed by atoms with E-state index in [0.717, 1.165) is 18.2 Å². The number of hydrogen-bond acceptors (Lipinski definition) is 3. The molecule has 0 fully saturated rings. The summed E-state index contributed by atoms with van der Waals surface area (Å²) in [5, 5.41) is 10.5. The van der Waals surface area contributed by atoms with Crippen LogP contribution in [0.2, 0.25) is 0 Å². The highest BCUT2D eigenvalue weighted by Gasteiger charge is 2.17. The molecule has 0 spiro atoms. The number of benzene rings is 1. The molecule has 0 amide bonds. The van der Waals surface area contributed by atoms with Crippen molar-refractivity contribution in [1.82, 2.24) is 0 Å². The van der Waals surface area contributed by atoms with Gasteiger partial charge in [0.05, 0.1) is 4.92 Å². The molecule has 1 atom stereocenters. The van der Waals surface area contributed by atoms with Crippen molar-refractivity contribution >= 4 is 5.69 Å². The Labute approximate surface area is 84.6 Å². The second-order valence-corrected chi connectivity index (χ2v) is 2.95. The molecule has 0 aliphatic carbocycles. The van der Waals surface area contributed by atoms with Crippen molar-refractivity contribution in [2.45, 2.75) is 13.0 Å². The van der Waals surface area contributed by atoms with Crippen LogP contribution < -0.4 is 4.74 Å². The number of nitro groups is 1. The van der Waals surface area contributed by atoms with E-state index in [-0.39, 0.29) is 11.4 Å². The largest absolute Gasteiger partial charge is 0.481 e. The molecule has 0 unspecified atom stereocenters. The van der Waals surface area contributed by atoms with Gasteiger partial charge in [0.1, 0.15) is 18.6 Å². The summed E-state index contributed by atoms with van der Waals surface area (Å²) in [6.45, 7) is 0.600. The lowest BCUT2D eigenvalue weighted by molar-refractivity contribution is -0.386. The Hall–Kier alpha value is -1.72. The Kier molecular flexibility index (Phi) is 3.54. The predicted molar refractivity (Wildman–Crippen MR) is 49.1 cm³/mol. The third kappa shape index (κ3) is 2.87. The molecule has 0 aliphatic rings. The first-order valence-electron chi connectivity index (χ1n) is 4.21. The first kappa shape index (κ1) is 11.4. The van der Waals surface area contributed by atoms with E-state index in [2.05, 4.69) is 0 Å². The van der Waals surface area contributed by atoms with Crippen molar-refractivity contribution in [2.75, 3.05) is 6.67 Å². The van der Waals surface area contributed by atoms with Gasteiger partial charge in [0.15, 0.2) is 5.75 Å². The van der Waals surface area contributed by atoms with Crippen LogP contribution in [0, 0.1) is 15.9 Å². The Morgan fingerprint density at radius 1 is 1.60 bits per heavy atom. The van der Waals surface area contributed by atoms with Crippen LogP contribution in [-0.4, -0.2) is 17.7 Å². The standard InChI is InChI=1S/C9H9F2NO3/c1-6(5-10)15-9-4-7(11)2-3-8(9)12(13)14/h2-4,6H,5H2,1H3/t6-/m1/s1. The number of rotatable bonds is 4. The van der Waals surface area contributed by atoms with E-state index in [9.17, 15) is 18.9 Å². The van der Waals surface area contributed by atoms with Crippen LogP contribution in [0.1, 0.15) is 6.92 Å². The first-order chi connectivity index (χ1) is 7.04. The lowest BCUT2D eigenvalue weighted by Gasteiger charge is -2.10. The second-order valence-electron chi connectivity index (χ2n) is 2.95. The fourth-order valence-electron chi connectivity index (χ4n) is 0.981. The molecule has 0 heterocycles. The molecule has 0 aliphatic heterocycles. The molecule has 0 radical (unpaired) electrons. The van der Waals surface area contributed by atoms with Crippen molar-refractivity contribution in [1.29, 1.82) is 0 Å². The summed E-state index contributed by atoms with van der Waals surface area (Å²) in [7, 11) is 0. The van der Waals surface area contributed by atoms with Crippen LogP contribution >= 0.6 is 0 Å². The zero-order chi connectivity index (χ0) is 11.4. The topological polar surface area (TPSA) is 52.4 Å². The lowest BCUT2D eigenvalue weighted by atomic mass is 10.3. The van der Waals surface area contributed by atoms with Gasteiger partial charge in [-0.25, -0.2) is 8.78 Å². The molecule has 0 bridgehead atoms. The minimum atomic E-state index is -0.842. The summed E-state index contributed by atoms with van der Waals surface area (Å²) >= 11 is 0. The fourth-order valence-corrected chi connectivity index (χ4v) is 0.981. The van der Waals surface area contributed by atoms with Crippen molar-refractivity contribution < 1.29 is 18.4 Å². The number of ether oxygens (including phenoxy) is 1. The number of nitrogens with zero attached hydrogens (tertiary/aromatic N) is 1. The minimum Gasteiger partial charge on any atom is -0.481 e. The molecular formula is C9H9F2NO3. The van der Waals surface area contributed by atoms with E-state index >= 15 is 0 Å². The molecule has 0 aromatic heterocycles. The molecule has 82 valence electrons. The van der Waals surface area contributed by atoms with Gasteiger partial charge in [0.25, 0.3) is 0 Å². The molecular weight excluding hydrogens is 208 g/mol. The van der Waals surface area contributed by atoms with Gasteiger partial charge in [-0.05, 0) is 13.0 Å². The van der Waals surface area contributed by atoms with Gasteiger partial charge in [0, 0.05) is 12.1 Å². The zero-order valence-corrected chi connectivity index (χ0v) is 7.94. The van der Waals surface area contributed by atoms with E-state index in [1.54, 1.807) is 0 Å². The number of alkyl halides is 1. The highest BCUT2D eigenvalue weighted by molar-refractivity contribution is 5.46. The quantitative estimate of drug-likeness (QED) is 0.575. The maximum atomic E-state index is 12.8. The molecule has 0 saturated heterocycles. The second kappa shape index (κ2) is 4.68. The summed E-state index contributed by atoms with van der Waals surface area (Å²) < 4.78 is 29.8. The van der Waals surface area contributed by atoms with E-state index in [4.69, 9.17) is 4.74 Å². The molecule has 0 N–H and O–H groups in total. The molecule has 1 rings (SSSR count). The summed E-state index contributed by atoms with van der Waals surface area (Å²) in [6.07, 6.45) is -0.842. The van der Waals surface area contributed by atoms with E-state index in [1.807, 2.05) is 0 Å². The van der Waals surface area contributed by atoms with Gasteiger partial charge in [-0.15, -0.1) is 0 Å². The maximum absolute atomic E-state index is 12.8. The van der Waals surface area contributed by atoms with Gasteiger partial charge in [-0.2, -0.15) is 0 Å². The molecule has 4 nitrogen and oxygen atoms in total. The first-order valence-corrected chi connectivity index (χ1v) is 4.21. The van der Waals surface area contributed by atoms with Gasteiger partial charge >= 0.3 is 5.69 Å². The van der Waals surface area contributed by atoms with Gasteiger partial charge < -0.3 is 4.74 Å². The molecule has 1 aromatic carbocycles. The highest BCUT2D eigenvalue weighted by Crippen LogP contribution is 2.28. The van der Waals surface area contributed by atoms with Crippen molar-refractivity contribution in [2.24, 2.45) is 0 Å². The third-order valence-corrected chi connectivity index (χ3v) is 1.66. The lowest BCUT2D eigenvalue weighted by Crippen LogP contribution is -2.14. The average Bonchev–Trinajstić information content (AvgIpc) is 2.17. The van der Waals surface area contributed by atoms with Crippen LogP contribution in [-0.2, 0) is 0 Å². The van der Waals surface area contributed by atoms with Crippen LogP contribution in [0.15, 0.2) is 18.2 Å². The summed E-state index contributed by atoms with van der Waals surface area (Å²) in [4.78, 5) is 9.80. The van der Waals surface area contributed by atoms with Crippen LogP contribution in [0.4, 0.5) is 14.5 Å². The van der Waals surface area contributed by atoms with Crippen molar-refractivity contribution in [3.05, 3.63) is 34.1 Å². The number of halogens is 2.